The van der Waals surface area contributed by atoms with Crippen LogP contribution in [0.25, 0.3) is 22.5 Å². The second-order valence-corrected chi connectivity index (χ2v) is 7.16. The molecule has 2 aromatic heterocycles. The predicted octanol–water partition coefficient (Wildman–Crippen LogP) is 5.26. The van der Waals surface area contributed by atoms with Crippen LogP contribution >= 0.6 is 0 Å². The lowest BCUT2D eigenvalue weighted by molar-refractivity contribution is 0.244. The van der Waals surface area contributed by atoms with Crippen LogP contribution in [0.15, 0.2) is 67.0 Å². The Balaban J connectivity index is 1.38. The molecule has 1 aliphatic rings. The van der Waals surface area contributed by atoms with Crippen molar-refractivity contribution in [3.05, 3.63) is 67.0 Å². The van der Waals surface area contributed by atoms with Crippen LogP contribution in [0.3, 0.4) is 0 Å². The van der Waals surface area contributed by atoms with Gasteiger partial charge in [-0.1, -0.05) is 43.5 Å². The summed E-state index contributed by atoms with van der Waals surface area (Å²) in [7, 11) is 0. The van der Waals surface area contributed by atoms with Crippen molar-refractivity contribution in [2.45, 2.75) is 38.1 Å². The first-order chi connectivity index (χ1) is 13.8. The number of carbonyl (C=O) groups is 1. The molecule has 0 bridgehead atoms. The highest BCUT2D eigenvalue weighted by atomic mass is 16.2. The van der Waals surface area contributed by atoms with Gasteiger partial charge in [0.1, 0.15) is 0 Å². The summed E-state index contributed by atoms with van der Waals surface area (Å²) in [5.41, 5.74) is 4.57. The van der Waals surface area contributed by atoms with Gasteiger partial charge in [0.05, 0.1) is 11.4 Å². The zero-order valence-electron chi connectivity index (χ0n) is 15.8. The molecule has 1 aliphatic carbocycles. The molecule has 1 saturated carbocycles. The quantitative estimate of drug-likeness (QED) is 0.656. The normalized spacial score (nSPS) is 14.4. The zero-order valence-corrected chi connectivity index (χ0v) is 15.8. The topological polar surface area (TPSA) is 66.9 Å². The van der Waals surface area contributed by atoms with E-state index in [-0.39, 0.29) is 6.03 Å². The van der Waals surface area contributed by atoms with Crippen molar-refractivity contribution < 1.29 is 4.79 Å². The van der Waals surface area contributed by atoms with Crippen LogP contribution in [-0.2, 0) is 0 Å². The van der Waals surface area contributed by atoms with Crippen molar-refractivity contribution in [2.75, 3.05) is 5.32 Å². The van der Waals surface area contributed by atoms with E-state index in [1.165, 1.54) is 19.3 Å². The second kappa shape index (κ2) is 8.65. The molecule has 1 aromatic carbocycles. The average Bonchev–Trinajstić information content (AvgIpc) is 2.76. The van der Waals surface area contributed by atoms with Crippen molar-refractivity contribution in [2.24, 2.45) is 0 Å². The Labute approximate surface area is 165 Å². The third kappa shape index (κ3) is 4.55. The van der Waals surface area contributed by atoms with Gasteiger partial charge in [-0.15, -0.1) is 0 Å². The Morgan fingerprint density at radius 2 is 1.57 bits per heavy atom. The SMILES string of the molecule is O=C(Nc1ccc(-c2ccc(-c3ccccn3)nc2)cc1)NC1CCCCC1. The molecule has 0 unspecified atom stereocenters. The summed E-state index contributed by atoms with van der Waals surface area (Å²) >= 11 is 0. The number of amides is 2. The molecule has 0 saturated heterocycles. The summed E-state index contributed by atoms with van der Waals surface area (Å²) in [6, 6.07) is 17.8. The van der Waals surface area contributed by atoms with E-state index < -0.39 is 0 Å². The Morgan fingerprint density at radius 3 is 2.25 bits per heavy atom. The van der Waals surface area contributed by atoms with Gasteiger partial charge in [0.2, 0.25) is 0 Å². The van der Waals surface area contributed by atoms with E-state index in [9.17, 15) is 4.79 Å². The van der Waals surface area contributed by atoms with E-state index in [1.54, 1.807) is 6.20 Å². The molecule has 3 aromatic rings. The molecule has 0 atom stereocenters. The monoisotopic (exact) mass is 372 g/mol. The molecule has 142 valence electrons. The first-order valence-electron chi connectivity index (χ1n) is 9.83. The lowest BCUT2D eigenvalue weighted by atomic mass is 9.96. The molecule has 0 radical (unpaired) electrons. The van der Waals surface area contributed by atoms with Crippen LogP contribution in [0, 0.1) is 0 Å². The van der Waals surface area contributed by atoms with E-state index in [0.29, 0.717) is 6.04 Å². The second-order valence-electron chi connectivity index (χ2n) is 7.16. The zero-order chi connectivity index (χ0) is 19.2. The van der Waals surface area contributed by atoms with Crippen molar-refractivity contribution in [3.63, 3.8) is 0 Å². The molecular formula is C23H24N4O. The Kier molecular flexibility index (Phi) is 5.61. The first-order valence-corrected chi connectivity index (χ1v) is 9.83. The van der Waals surface area contributed by atoms with Gasteiger partial charge in [-0.2, -0.15) is 0 Å². The number of aromatic nitrogens is 2. The molecule has 1 fully saturated rings. The summed E-state index contributed by atoms with van der Waals surface area (Å²) in [5, 5.41) is 5.99. The molecule has 0 spiro atoms. The molecular weight excluding hydrogens is 348 g/mol. The third-order valence-corrected chi connectivity index (χ3v) is 5.11. The van der Waals surface area contributed by atoms with Crippen molar-refractivity contribution >= 4 is 11.7 Å². The van der Waals surface area contributed by atoms with Crippen LogP contribution in [-0.4, -0.2) is 22.0 Å². The van der Waals surface area contributed by atoms with Gasteiger partial charge in [-0.3, -0.25) is 9.97 Å². The minimum absolute atomic E-state index is 0.124. The number of hydrogen-bond donors (Lipinski definition) is 2. The van der Waals surface area contributed by atoms with Crippen LogP contribution in [0.1, 0.15) is 32.1 Å². The first kappa shape index (κ1) is 18.2. The van der Waals surface area contributed by atoms with Crippen molar-refractivity contribution in [3.8, 4) is 22.5 Å². The lowest BCUT2D eigenvalue weighted by Crippen LogP contribution is -2.38. The smallest absolute Gasteiger partial charge is 0.319 e. The van der Waals surface area contributed by atoms with Crippen LogP contribution < -0.4 is 10.6 Å². The van der Waals surface area contributed by atoms with Gasteiger partial charge in [-0.25, -0.2) is 4.79 Å². The standard InChI is InChI=1S/C23H24N4O/c28-23(26-19-6-2-1-3-7-19)27-20-12-9-17(10-13-20)18-11-14-22(25-16-18)21-8-4-5-15-24-21/h4-5,8-16,19H,1-3,6-7H2,(H2,26,27,28). The summed E-state index contributed by atoms with van der Waals surface area (Å²) in [6.07, 6.45) is 9.45. The molecule has 5 nitrogen and oxygen atoms in total. The highest BCUT2D eigenvalue weighted by Gasteiger charge is 2.15. The maximum absolute atomic E-state index is 12.2. The van der Waals surface area contributed by atoms with Crippen molar-refractivity contribution in [1.29, 1.82) is 0 Å². The number of carbonyl (C=O) groups excluding carboxylic acids is 1. The fourth-order valence-electron chi connectivity index (χ4n) is 3.58. The maximum Gasteiger partial charge on any atom is 0.319 e. The van der Waals surface area contributed by atoms with E-state index in [2.05, 4.69) is 20.6 Å². The maximum atomic E-state index is 12.2. The fourth-order valence-corrected chi connectivity index (χ4v) is 3.58. The van der Waals surface area contributed by atoms with Gasteiger partial charge in [-0.05, 0) is 48.7 Å². The Hall–Kier alpha value is -3.21. The predicted molar refractivity (Wildman–Crippen MR) is 112 cm³/mol. The van der Waals surface area contributed by atoms with Gasteiger partial charge < -0.3 is 10.6 Å². The Bertz CT molecular complexity index is 902. The molecule has 2 N–H and O–H groups in total. The Morgan fingerprint density at radius 1 is 0.821 bits per heavy atom. The summed E-state index contributed by atoms with van der Waals surface area (Å²) in [5.74, 6) is 0. The van der Waals surface area contributed by atoms with Gasteiger partial charge >= 0.3 is 6.03 Å². The average molecular weight is 372 g/mol. The van der Waals surface area contributed by atoms with E-state index >= 15 is 0 Å². The summed E-state index contributed by atoms with van der Waals surface area (Å²) < 4.78 is 0. The van der Waals surface area contributed by atoms with Crippen molar-refractivity contribution in [1.82, 2.24) is 15.3 Å². The third-order valence-electron chi connectivity index (χ3n) is 5.11. The number of rotatable bonds is 4. The van der Waals surface area contributed by atoms with E-state index in [1.807, 2.05) is 60.8 Å². The summed E-state index contributed by atoms with van der Waals surface area (Å²) in [4.78, 5) is 21.0. The largest absolute Gasteiger partial charge is 0.335 e. The minimum Gasteiger partial charge on any atom is -0.335 e. The number of urea groups is 1. The highest BCUT2D eigenvalue weighted by Crippen LogP contribution is 2.23. The number of anilines is 1. The number of nitrogens with zero attached hydrogens (tertiary/aromatic N) is 2. The summed E-state index contributed by atoms with van der Waals surface area (Å²) in [6.45, 7) is 0. The molecule has 5 heteroatoms. The molecule has 2 heterocycles. The lowest BCUT2D eigenvalue weighted by Gasteiger charge is -2.22. The number of benzene rings is 1. The van der Waals surface area contributed by atoms with Crippen LogP contribution in [0.5, 0.6) is 0 Å². The van der Waals surface area contributed by atoms with Crippen LogP contribution in [0.2, 0.25) is 0 Å². The molecule has 4 rings (SSSR count). The highest BCUT2D eigenvalue weighted by molar-refractivity contribution is 5.89. The number of hydrogen-bond acceptors (Lipinski definition) is 3. The van der Waals surface area contributed by atoms with Gasteiger partial charge in [0.25, 0.3) is 0 Å². The minimum atomic E-state index is -0.124. The van der Waals surface area contributed by atoms with Gasteiger partial charge in [0, 0.05) is 29.7 Å². The molecule has 2 amide bonds. The molecule has 0 aliphatic heterocycles. The van der Waals surface area contributed by atoms with E-state index in [4.69, 9.17) is 0 Å². The van der Waals surface area contributed by atoms with E-state index in [0.717, 1.165) is 41.0 Å². The molecule has 28 heavy (non-hydrogen) atoms. The number of pyridine rings is 2. The van der Waals surface area contributed by atoms with Crippen LogP contribution in [0.4, 0.5) is 10.5 Å². The van der Waals surface area contributed by atoms with Gasteiger partial charge in [0.15, 0.2) is 0 Å². The number of nitrogens with one attached hydrogen (secondary N) is 2. The fraction of sp³-hybridized carbons (Fsp3) is 0.261.